The van der Waals surface area contributed by atoms with E-state index in [1.54, 1.807) is 20.8 Å². The Morgan fingerprint density at radius 1 is 1.20 bits per heavy atom. The van der Waals surface area contributed by atoms with Crippen LogP contribution in [-0.2, 0) is 14.0 Å². The molecule has 0 unspecified atom stereocenters. The molecule has 0 aliphatic carbocycles. The van der Waals surface area contributed by atoms with Crippen molar-refractivity contribution in [2.75, 3.05) is 6.54 Å². The minimum Gasteiger partial charge on any atom is -0.478 e. The molecule has 7 nitrogen and oxygen atoms in total. The van der Waals surface area contributed by atoms with Gasteiger partial charge in [-0.2, -0.15) is 0 Å². The maximum Gasteiger partial charge on any atom is 0.492 e. The minimum absolute atomic E-state index is 0.0404. The Kier molecular flexibility index (Phi) is 6.68. The number of carboxylic acid groups (broad SMARTS) is 1. The summed E-state index contributed by atoms with van der Waals surface area (Å²) in [7, 11) is -0.866. The molecule has 0 aromatic heterocycles. The summed E-state index contributed by atoms with van der Waals surface area (Å²) in [5, 5.41) is 12.0. The number of alkyl carbamates (subject to hydrolysis) is 1. The highest BCUT2D eigenvalue weighted by Gasteiger charge is 2.52. The quantitative estimate of drug-likeness (QED) is 0.697. The molecule has 1 saturated heterocycles. The molecule has 2 rings (SSSR count). The summed E-state index contributed by atoms with van der Waals surface area (Å²) >= 11 is 0. The molecule has 164 valence electrons. The zero-order valence-electron chi connectivity index (χ0n) is 18.5. The Bertz CT molecular complexity index is 844. The molecule has 0 saturated carbocycles. The highest BCUT2D eigenvalue weighted by atomic mass is 19.1. The van der Waals surface area contributed by atoms with Crippen molar-refractivity contribution in [1.29, 1.82) is 0 Å². The summed E-state index contributed by atoms with van der Waals surface area (Å²) < 4.78 is 31.4. The van der Waals surface area contributed by atoms with Crippen molar-refractivity contribution in [3.8, 4) is 0 Å². The number of benzene rings is 1. The summed E-state index contributed by atoms with van der Waals surface area (Å²) in [6.45, 7) is 12.7. The first-order valence-electron chi connectivity index (χ1n) is 9.68. The maximum atomic E-state index is 14.1. The van der Waals surface area contributed by atoms with E-state index in [-0.39, 0.29) is 12.1 Å². The lowest BCUT2D eigenvalue weighted by Crippen LogP contribution is -2.41. The van der Waals surface area contributed by atoms with Gasteiger partial charge >= 0.3 is 19.2 Å². The SMILES string of the molecule is CC(C)(C)OC(=O)NCC(=Cc1cccc(F)c1C(=O)O)B1OC(C)(C)C(C)(C)O1. The second-order valence-corrected chi connectivity index (χ2v) is 9.17. The third-order valence-corrected chi connectivity index (χ3v) is 4.99. The van der Waals surface area contributed by atoms with E-state index >= 15 is 0 Å². The van der Waals surface area contributed by atoms with Crippen LogP contribution in [0.15, 0.2) is 23.7 Å². The number of rotatable bonds is 5. The van der Waals surface area contributed by atoms with Crippen molar-refractivity contribution in [2.24, 2.45) is 0 Å². The number of hydrogen-bond donors (Lipinski definition) is 2. The number of carbonyl (C=O) groups excluding carboxylic acids is 1. The third-order valence-electron chi connectivity index (χ3n) is 4.99. The van der Waals surface area contributed by atoms with Gasteiger partial charge in [-0.25, -0.2) is 14.0 Å². The molecule has 0 spiro atoms. The van der Waals surface area contributed by atoms with Gasteiger partial charge in [0.15, 0.2) is 0 Å². The third kappa shape index (κ3) is 5.61. The number of carbonyl (C=O) groups is 2. The Morgan fingerprint density at radius 2 is 1.77 bits per heavy atom. The first-order chi connectivity index (χ1) is 13.6. The van der Waals surface area contributed by atoms with Crippen molar-refractivity contribution < 1.29 is 33.1 Å². The normalized spacial score (nSPS) is 18.3. The van der Waals surface area contributed by atoms with Crippen LogP contribution in [0.4, 0.5) is 9.18 Å². The average molecular weight is 421 g/mol. The number of nitrogens with one attached hydrogen (secondary N) is 1. The van der Waals surface area contributed by atoms with Gasteiger partial charge in [0.05, 0.1) is 11.2 Å². The zero-order valence-corrected chi connectivity index (χ0v) is 18.5. The molecule has 1 heterocycles. The summed E-state index contributed by atoms with van der Waals surface area (Å²) in [4.78, 5) is 23.7. The van der Waals surface area contributed by atoms with E-state index in [1.807, 2.05) is 27.7 Å². The van der Waals surface area contributed by atoms with Gasteiger partial charge in [0.1, 0.15) is 17.0 Å². The maximum absolute atomic E-state index is 14.1. The van der Waals surface area contributed by atoms with Crippen LogP contribution in [0.25, 0.3) is 6.08 Å². The predicted octanol–water partition coefficient (Wildman–Crippen LogP) is 4.06. The summed E-state index contributed by atoms with van der Waals surface area (Å²) in [5.74, 6) is -2.25. The van der Waals surface area contributed by atoms with Gasteiger partial charge in [-0.05, 0) is 65.6 Å². The zero-order chi connectivity index (χ0) is 22.9. The van der Waals surface area contributed by atoms with E-state index < -0.39 is 47.4 Å². The van der Waals surface area contributed by atoms with E-state index in [2.05, 4.69) is 5.32 Å². The number of carboxylic acids is 1. The van der Waals surface area contributed by atoms with Crippen LogP contribution >= 0.6 is 0 Å². The number of ether oxygens (including phenoxy) is 1. The molecule has 2 N–H and O–H groups in total. The van der Waals surface area contributed by atoms with Crippen LogP contribution in [0.1, 0.15) is 64.4 Å². The predicted molar refractivity (Wildman–Crippen MR) is 112 cm³/mol. The van der Waals surface area contributed by atoms with Crippen molar-refractivity contribution in [3.05, 3.63) is 40.6 Å². The molecule has 30 heavy (non-hydrogen) atoms. The molecular weight excluding hydrogens is 392 g/mol. The van der Waals surface area contributed by atoms with Gasteiger partial charge in [0.2, 0.25) is 0 Å². The van der Waals surface area contributed by atoms with Gasteiger partial charge in [0, 0.05) is 6.54 Å². The van der Waals surface area contributed by atoms with E-state index in [1.165, 1.54) is 18.2 Å². The Morgan fingerprint density at radius 3 is 2.27 bits per heavy atom. The van der Waals surface area contributed by atoms with Gasteiger partial charge in [-0.15, -0.1) is 0 Å². The highest BCUT2D eigenvalue weighted by molar-refractivity contribution is 6.56. The van der Waals surface area contributed by atoms with Crippen molar-refractivity contribution in [1.82, 2.24) is 5.32 Å². The van der Waals surface area contributed by atoms with Crippen LogP contribution in [0, 0.1) is 5.82 Å². The molecule has 1 aliphatic heterocycles. The lowest BCUT2D eigenvalue weighted by molar-refractivity contribution is 0.00578. The fraction of sp³-hybridized carbons (Fsp3) is 0.524. The highest BCUT2D eigenvalue weighted by Crippen LogP contribution is 2.39. The van der Waals surface area contributed by atoms with Crippen LogP contribution in [0.5, 0.6) is 0 Å². The molecule has 9 heteroatoms. The van der Waals surface area contributed by atoms with E-state index in [4.69, 9.17) is 14.0 Å². The molecule has 1 aliphatic rings. The topological polar surface area (TPSA) is 94.1 Å². The fourth-order valence-corrected chi connectivity index (χ4v) is 2.77. The molecule has 1 amide bonds. The monoisotopic (exact) mass is 421 g/mol. The van der Waals surface area contributed by atoms with Crippen molar-refractivity contribution in [2.45, 2.75) is 65.3 Å². The number of hydrogen-bond acceptors (Lipinski definition) is 5. The summed E-state index contributed by atoms with van der Waals surface area (Å²) in [5.41, 5.74) is -1.90. The molecule has 1 aromatic rings. The van der Waals surface area contributed by atoms with Crippen LogP contribution in [0.3, 0.4) is 0 Å². The Balaban J connectivity index is 2.40. The summed E-state index contributed by atoms with van der Waals surface area (Å²) in [6, 6.07) is 3.97. The first-order valence-corrected chi connectivity index (χ1v) is 9.68. The average Bonchev–Trinajstić information content (AvgIpc) is 2.77. The second kappa shape index (κ2) is 8.39. The number of aromatic carboxylic acids is 1. The van der Waals surface area contributed by atoms with E-state index in [0.717, 1.165) is 6.07 Å². The molecule has 0 bridgehead atoms. The fourth-order valence-electron chi connectivity index (χ4n) is 2.77. The molecular formula is C21H29BFNO6. The smallest absolute Gasteiger partial charge is 0.478 e. The molecule has 0 radical (unpaired) electrons. The standard InChI is InChI=1S/C21H29BFNO6/c1-19(2,3)28-18(27)24-12-14(22-29-20(4,5)21(6,7)30-22)11-13-9-8-10-15(23)16(13)17(25)26/h8-11H,12H2,1-7H3,(H,24,27)(H,25,26). The van der Waals surface area contributed by atoms with Gasteiger partial charge < -0.3 is 24.5 Å². The van der Waals surface area contributed by atoms with Gasteiger partial charge in [-0.1, -0.05) is 18.2 Å². The van der Waals surface area contributed by atoms with E-state index in [9.17, 15) is 19.1 Å². The number of amides is 1. The second-order valence-electron chi connectivity index (χ2n) is 9.17. The summed E-state index contributed by atoms with van der Waals surface area (Å²) in [6.07, 6.45) is 0.814. The molecule has 0 atom stereocenters. The Hall–Kier alpha value is -2.39. The molecule has 1 fully saturated rings. The lowest BCUT2D eigenvalue weighted by atomic mass is 9.76. The molecule has 1 aromatic carbocycles. The number of halogens is 1. The van der Waals surface area contributed by atoms with Gasteiger partial charge in [0.25, 0.3) is 0 Å². The van der Waals surface area contributed by atoms with Crippen LogP contribution < -0.4 is 5.32 Å². The Labute approximate surface area is 176 Å². The van der Waals surface area contributed by atoms with E-state index in [0.29, 0.717) is 5.47 Å². The first kappa shape index (κ1) is 23.9. The largest absolute Gasteiger partial charge is 0.492 e. The van der Waals surface area contributed by atoms with Gasteiger partial charge in [-0.3, -0.25) is 0 Å². The van der Waals surface area contributed by atoms with Crippen molar-refractivity contribution in [3.63, 3.8) is 0 Å². The lowest BCUT2D eigenvalue weighted by Gasteiger charge is -2.32. The van der Waals surface area contributed by atoms with Crippen LogP contribution in [0.2, 0.25) is 0 Å². The minimum atomic E-state index is -1.40. The van der Waals surface area contributed by atoms with Crippen LogP contribution in [-0.4, -0.2) is 47.6 Å². The van der Waals surface area contributed by atoms with Crippen molar-refractivity contribution >= 4 is 25.3 Å².